The van der Waals surface area contributed by atoms with Crippen molar-refractivity contribution in [2.24, 2.45) is 0 Å². The van der Waals surface area contributed by atoms with E-state index in [4.69, 9.17) is 10.5 Å². The van der Waals surface area contributed by atoms with Crippen LogP contribution >= 0.6 is 0 Å². The second-order valence-electron chi connectivity index (χ2n) is 3.64. The molecular formula is C11H14N2O2. The van der Waals surface area contributed by atoms with Gasteiger partial charge in [0.15, 0.2) is 0 Å². The molecule has 1 amide bonds. The van der Waals surface area contributed by atoms with Crippen LogP contribution in [0.3, 0.4) is 0 Å². The van der Waals surface area contributed by atoms with Crippen molar-refractivity contribution < 1.29 is 9.53 Å². The van der Waals surface area contributed by atoms with E-state index in [9.17, 15) is 4.79 Å². The normalized spacial score (nSPS) is 13.2. The number of carbonyl (C=O) groups excluding carboxylic acids is 1. The minimum absolute atomic E-state index is 0.128. The third kappa shape index (κ3) is 1.42. The number of fused-ring (bicyclic) bond motifs is 1. The number of aryl methyl sites for hydroxylation is 1. The SMILES string of the molecule is CNC(=O)c1cc(C)c(N)c2c1OCC2. The zero-order chi connectivity index (χ0) is 11.0. The summed E-state index contributed by atoms with van der Waals surface area (Å²) in [4.78, 5) is 11.6. The molecule has 0 saturated heterocycles. The molecular weight excluding hydrogens is 192 g/mol. The van der Waals surface area contributed by atoms with Crippen LogP contribution in [0, 0.1) is 6.92 Å². The molecule has 0 saturated carbocycles. The summed E-state index contributed by atoms with van der Waals surface area (Å²) in [6.45, 7) is 2.51. The van der Waals surface area contributed by atoms with Crippen molar-refractivity contribution in [3.8, 4) is 5.75 Å². The smallest absolute Gasteiger partial charge is 0.254 e. The summed E-state index contributed by atoms with van der Waals surface area (Å²) in [6, 6.07) is 1.78. The summed E-state index contributed by atoms with van der Waals surface area (Å²) in [5, 5.41) is 2.60. The highest BCUT2D eigenvalue weighted by molar-refractivity contribution is 5.98. The fourth-order valence-electron chi connectivity index (χ4n) is 1.85. The van der Waals surface area contributed by atoms with E-state index in [1.807, 2.05) is 6.92 Å². The number of hydrogen-bond acceptors (Lipinski definition) is 3. The maximum Gasteiger partial charge on any atom is 0.254 e. The van der Waals surface area contributed by atoms with Crippen molar-refractivity contribution in [2.45, 2.75) is 13.3 Å². The Labute approximate surface area is 88.4 Å². The molecule has 1 heterocycles. The van der Waals surface area contributed by atoms with Gasteiger partial charge in [0.1, 0.15) is 5.75 Å². The van der Waals surface area contributed by atoms with E-state index in [1.165, 1.54) is 0 Å². The number of hydrogen-bond donors (Lipinski definition) is 2. The minimum atomic E-state index is -0.128. The van der Waals surface area contributed by atoms with Crippen LogP contribution < -0.4 is 15.8 Å². The number of carbonyl (C=O) groups is 1. The van der Waals surface area contributed by atoms with Crippen molar-refractivity contribution in [1.29, 1.82) is 0 Å². The summed E-state index contributed by atoms with van der Waals surface area (Å²) in [5.41, 5.74) is 9.15. The Morgan fingerprint density at radius 1 is 1.60 bits per heavy atom. The minimum Gasteiger partial charge on any atom is -0.492 e. The summed E-state index contributed by atoms with van der Waals surface area (Å²) in [6.07, 6.45) is 0.785. The van der Waals surface area contributed by atoms with Crippen molar-refractivity contribution in [1.82, 2.24) is 5.32 Å². The van der Waals surface area contributed by atoms with Crippen molar-refractivity contribution in [3.63, 3.8) is 0 Å². The Balaban J connectivity index is 2.62. The molecule has 0 atom stereocenters. The van der Waals surface area contributed by atoms with Gasteiger partial charge in [-0.1, -0.05) is 0 Å². The third-order valence-corrected chi connectivity index (χ3v) is 2.70. The predicted octanol–water partition coefficient (Wildman–Crippen LogP) is 0.872. The standard InChI is InChI=1S/C11H14N2O2/c1-6-5-8(11(14)13-2)10-7(9(6)12)3-4-15-10/h5H,3-4,12H2,1-2H3,(H,13,14). The third-order valence-electron chi connectivity index (χ3n) is 2.70. The van der Waals surface area contributed by atoms with Gasteiger partial charge < -0.3 is 15.8 Å². The van der Waals surface area contributed by atoms with Gasteiger partial charge in [0.2, 0.25) is 0 Å². The zero-order valence-corrected chi connectivity index (χ0v) is 8.89. The molecule has 0 aromatic heterocycles. The van der Waals surface area contributed by atoms with E-state index in [1.54, 1.807) is 13.1 Å². The summed E-state index contributed by atoms with van der Waals surface area (Å²) >= 11 is 0. The first kappa shape index (κ1) is 9.83. The molecule has 1 aromatic carbocycles. The highest BCUT2D eigenvalue weighted by atomic mass is 16.5. The average molecular weight is 206 g/mol. The van der Waals surface area contributed by atoms with E-state index in [-0.39, 0.29) is 5.91 Å². The van der Waals surface area contributed by atoms with Gasteiger partial charge in [-0.2, -0.15) is 0 Å². The van der Waals surface area contributed by atoms with E-state index >= 15 is 0 Å². The second-order valence-corrected chi connectivity index (χ2v) is 3.64. The van der Waals surface area contributed by atoms with Gasteiger partial charge in [-0.05, 0) is 18.6 Å². The Kier molecular flexibility index (Phi) is 2.26. The van der Waals surface area contributed by atoms with Gasteiger partial charge in [-0.25, -0.2) is 0 Å². The molecule has 3 N–H and O–H groups in total. The van der Waals surface area contributed by atoms with Crippen LogP contribution in [0.2, 0.25) is 0 Å². The molecule has 15 heavy (non-hydrogen) atoms. The number of amides is 1. The Morgan fingerprint density at radius 2 is 2.33 bits per heavy atom. The molecule has 1 aliphatic rings. The van der Waals surface area contributed by atoms with Crippen LogP contribution in [0.4, 0.5) is 5.69 Å². The van der Waals surface area contributed by atoms with Crippen LogP contribution in [0.1, 0.15) is 21.5 Å². The lowest BCUT2D eigenvalue weighted by Gasteiger charge is -2.11. The lowest BCUT2D eigenvalue weighted by atomic mass is 10.0. The quantitative estimate of drug-likeness (QED) is 0.670. The van der Waals surface area contributed by atoms with E-state index in [0.717, 1.165) is 23.2 Å². The summed E-state index contributed by atoms with van der Waals surface area (Å²) < 4.78 is 5.45. The molecule has 4 nitrogen and oxygen atoms in total. The van der Waals surface area contributed by atoms with E-state index < -0.39 is 0 Å². The van der Waals surface area contributed by atoms with Gasteiger partial charge >= 0.3 is 0 Å². The molecule has 0 spiro atoms. The topological polar surface area (TPSA) is 64.4 Å². The number of rotatable bonds is 1. The van der Waals surface area contributed by atoms with Gasteiger partial charge in [0.25, 0.3) is 5.91 Å². The molecule has 0 aliphatic carbocycles. The first-order valence-corrected chi connectivity index (χ1v) is 4.92. The second kappa shape index (κ2) is 3.46. The van der Waals surface area contributed by atoms with Crippen molar-refractivity contribution in [3.05, 3.63) is 22.8 Å². The highest BCUT2D eigenvalue weighted by Gasteiger charge is 2.23. The zero-order valence-electron chi connectivity index (χ0n) is 8.89. The maximum absolute atomic E-state index is 11.6. The molecule has 2 rings (SSSR count). The summed E-state index contributed by atoms with van der Waals surface area (Å²) in [5.74, 6) is 0.522. The molecule has 0 unspecified atom stereocenters. The Hall–Kier alpha value is -1.71. The molecule has 80 valence electrons. The van der Waals surface area contributed by atoms with Gasteiger partial charge in [-0.15, -0.1) is 0 Å². The van der Waals surface area contributed by atoms with Crippen LogP contribution in [0.25, 0.3) is 0 Å². The monoisotopic (exact) mass is 206 g/mol. The molecule has 0 bridgehead atoms. The first-order valence-electron chi connectivity index (χ1n) is 4.92. The molecule has 1 aliphatic heterocycles. The van der Waals surface area contributed by atoms with Crippen molar-refractivity contribution in [2.75, 3.05) is 19.4 Å². The van der Waals surface area contributed by atoms with Crippen molar-refractivity contribution >= 4 is 11.6 Å². The maximum atomic E-state index is 11.6. The van der Waals surface area contributed by atoms with E-state index in [0.29, 0.717) is 17.9 Å². The van der Waals surface area contributed by atoms with Gasteiger partial charge in [-0.3, -0.25) is 4.79 Å². The largest absolute Gasteiger partial charge is 0.492 e. The highest BCUT2D eigenvalue weighted by Crippen LogP contribution is 2.36. The average Bonchev–Trinajstić information content (AvgIpc) is 2.71. The van der Waals surface area contributed by atoms with Crippen LogP contribution in [-0.2, 0) is 6.42 Å². The molecule has 1 aromatic rings. The predicted molar refractivity (Wildman–Crippen MR) is 58.2 cm³/mol. The fourth-order valence-corrected chi connectivity index (χ4v) is 1.85. The Bertz CT molecular complexity index is 427. The first-order chi connectivity index (χ1) is 7.15. The number of nitrogens with two attached hydrogens (primary N) is 1. The number of anilines is 1. The lowest BCUT2D eigenvalue weighted by Crippen LogP contribution is -2.19. The van der Waals surface area contributed by atoms with E-state index in [2.05, 4.69) is 5.32 Å². The number of benzene rings is 1. The fraction of sp³-hybridized carbons (Fsp3) is 0.364. The Morgan fingerprint density at radius 3 is 3.00 bits per heavy atom. The number of nitrogens with one attached hydrogen (secondary N) is 1. The van der Waals surface area contributed by atoms with Gasteiger partial charge in [0.05, 0.1) is 12.2 Å². The van der Waals surface area contributed by atoms with Crippen LogP contribution in [-0.4, -0.2) is 19.6 Å². The molecule has 0 fully saturated rings. The van der Waals surface area contributed by atoms with Gasteiger partial charge in [0, 0.05) is 24.7 Å². The molecule has 4 heteroatoms. The van der Waals surface area contributed by atoms with Crippen LogP contribution in [0.5, 0.6) is 5.75 Å². The molecule has 0 radical (unpaired) electrons. The lowest BCUT2D eigenvalue weighted by molar-refractivity contribution is 0.0960. The summed E-state index contributed by atoms with van der Waals surface area (Å²) in [7, 11) is 1.61. The number of ether oxygens (including phenoxy) is 1. The van der Waals surface area contributed by atoms with Crippen LogP contribution in [0.15, 0.2) is 6.07 Å². The number of nitrogen functional groups attached to an aromatic ring is 1.